The molecule has 1 fully saturated rings. The van der Waals surface area contributed by atoms with Crippen LogP contribution in [0.5, 0.6) is 0 Å². The van der Waals surface area contributed by atoms with E-state index in [4.69, 9.17) is 15.7 Å². The van der Waals surface area contributed by atoms with Gasteiger partial charge in [0.2, 0.25) is 0 Å². The average molecular weight is 272 g/mol. The average Bonchev–Trinajstić information content (AvgIpc) is 2.66. The summed E-state index contributed by atoms with van der Waals surface area (Å²) in [5, 5.41) is 29.6. The molecular weight excluding hydrogens is 256 g/mol. The van der Waals surface area contributed by atoms with E-state index in [1.54, 1.807) is 0 Å². The molecule has 9 heteroatoms. The highest BCUT2D eigenvalue weighted by molar-refractivity contribution is 5.32. The van der Waals surface area contributed by atoms with Crippen molar-refractivity contribution < 1.29 is 20.1 Å². The van der Waals surface area contributed by atoms with Crippen molar-refractivity contribution in [3.8, 4) is 0 Å². The van der Waals surface area contributed by atoms with Crippen LogP contribution in [-0.2, 0) is 4.74 Å². The third kappa shape index (κ3) is 2.46. The molecule has 2 heterocycles. The van der Waals surface area contributed by atoms with E-state index in [-0.39, 0.29) is 5.82 Å². The number of rotatable bonds is 3. The first-order chi connectivity index (χ1) is 8.95. The Labute approximate surface area is 108 Å². The summed E-state index contributed by atoms with van der Waals surface area (Å²) in [5.41, 5.74) is -0.676. The zero-order chi connectivity index (χ0) is 14.2. The molecule has 4 atom stereocenters. The normalized spacial score (nSPS) is 30.6. The van der Waals surface area contributed by atoms with Crippen LogP contribution >= 0.6 is 0 Å². The zero-order valence-corrected chi connectivity index (χ0v) is 10.2. The number of aliphatic hydroxyl groups excluding tert-OH is 3. The SMILES string of the molecule is CN(N)c1ccn([C@@H]2O[C@H](CO)C(O)C2O)c(=O)n1. The lowest BCUT2D eigenvalue weighted by Gasteiger charge is -2.18. The molecule has 106 valence electrons. The maximum absolute atomic E-state index is 11.8. The van der Waals surface area contributed by atoms with Gasteiger partial charge >= 0.3 is 5.69 Å². The fourth-order valence-corrected chi connectivity index (χ4v) is 1.90. The Morgan fingerprint density at radius 1 is 1.53 bits per heavy atom. The third-order valence-electron chi connectivity index (χ3n) is 2.97. The Morgan fingerprint density at radius 2 is 2.21 bits per heavy atom. The number of ether oxygens (including phenoxy) is 1. The minimum Gasteiger partial charge on any atom is -0.394 e. The topological polar surface area (TPSA) is 134 Å². The number of aliphatic hydroxyl groups is 3. The first-order valence-electron chi connectivity index (χ1n) is 5.65. The molecule has 0 amide bonds. The Kier molecular flexibility index (Phi) is 3.83. The summed E-state index contributed by atoms with van der Waals surface area (Å²) in [6.45, 7) is -0.458. The zero-order valence-electron chi connectivity index (χ0n) is 10.2. The quantitative estimate of drug-likeness (QED) is 0.341. The number of anilines is 1. The van der Waals surface area contributed by atoms with E-state index in [1.807, 2.05) is 0 Å². The molecule has 2 unspecified atom stereocenters. The molecule has 0 aliphatic carbocycles. The summed E-state index contributed by atoms with van der Waals surface area (Å²) in [6.07, 6.45) is -3.26. The van der Waals surface area contributed by atoms with Crippen LogP contribution in [0.25, 0.3) is 0 Å². The van der Waals surface area contributed by atoms with Crippen molar-refractivity contribution in [2.75, 3.05) is 18.7 Å². The highest BCUT2D eigenvalue weighted by atomic mass is 16.6. The standard InChI is InChI=1S/C10H16N4O5/c1-13(11)6-2-3-14(10(18)12-6)9-8(17)7(16)5(4-15)19-9/h2-3,5,7-9,15-17H,4,11H2,1H3/t5-,7?,8?,9-/m1/s1. The van der Waals surface area contributed by atoms with Gasteiger partial charge < -0.3 is 20.1 Å². The molecule has 1 saturated heterocycles. The van der Waals surface area contributed by atoms with Crippen LogP contribution in [0.2, 0.25) is 0 Å². The molecule has 0 spiro atoms. The molecule has 5 N–H and O–H groups in total. The van der Waals surface area contributed by atoms with E-state index in [2.05, 4.69) is 4.98 Å². The van der Waals surface area contributed by atoms with Crippen LogP contribution in [0.1, 0.15) is 6.23 Å². The Bertz CT molecular complexity index is 505. The van der Waals surface area contributed by atoms with Crippen LogP contribution in [0, 0.1) is 0 Å². The monoisotopic (exact) mass is 272 g/mol. The second-order valence-electron chi connectivity index (χ2n) is 4.32. The highest BCUT2D eigenvalue weighted by Crippen LogP contribution is 2.28. The van der Waals surface area contributed by atoms with Gasteiger partial charge in [-0.25, -0.2) is 10.6 Å². The maximum atomic E-state index is 11.8. The van der Waals surface area contributed by atoms with Crippen LogP contribution in [0.3, 0.4) is 0 Å². The number of hydrogen-bond acceptors (Lipinski definition) is 8. The van der Waals surface area contributed by atoms with Crippen molar-refractivity contribution in [2.24, 2.45) is 5.84 Å². The predicted molar refractivity (Wildman–Crippen MR) is 64.1 cm³/mol. The molecule has 2 rings (SSSR count). The van der Waals surface area contributed by atoms with E-state index in [1.165, 1.54) is 24.3 Å². The van der Waals surface area contributed by atoms with Gasteiger partial charge in [-0.2, -0.15) is 4.98 Å². The summed E-state index contributed by atoms with van der Waals surface area (Å²) in [6, 6.07) is 1.47. The maximum Gasteiger partial charge on any atom is 0.351 e. The summed E-state index contributed by atoms with van der Waals surface area (Å²) >= 11 is 0. The summed E-state index contributed by atoms with van der Waals surface area (Å²) in [4.78, 5) is 15.5. The number of hydrazine groups is 1. The van der Waals surface area contributed by atoms with Crippen molar-refractivity contribution in [1.29, 1.82) is 0 Å². The smallest absolute Gasteiger partial charge is 0.351 e. The summed E-state index contributed by atoms with van der Waals surface area (Å²) < 4.78 is 6.27. The first-order valence-corrected chi connectivity index (χ1v) is 5.65. The van der Waals surface area contributed by atoms with E-state index < -0.39 is 36.8 Å². The Balaban J connectivity index is 2.31. The highest BCUT2D eigenvalue weighted by Gasteiger charge is 2.43. The molecule has 0 saturated carbocycles. The van der Waals surface area contributed by atoms with Gasteiger partial charge in [-0.15, -0.1) is 0 Å². The Morgan fingerprint density at radius 3 is 2.68 bits per heavy atom. The number of hydrogen-bond donors (Lipinski definition) is 4. The van der Waals surface area contributed by atoms with Crippen LogP contribution in [0.4, 0.5) is 5.82 Å². The van der Waals surface area contributed by atoms with Gasteiger partial charge in [0.05, 0.1) is 6.61 Å². The van der Waals surface area contributed by atoms with Crippen molar-refractivity contribution in [3.05, 3.63) is 22.7 Å². The Hall–Kier alpha value is -1.52. The molecule has 1 aliphatic rings. The molecule has 9 nitrogen and oxygen atoms in total. The molecule has 0 radical (unpaired) electrons. The first kappa shape index (κ1) is 13.9. The molecule has 0 aromatic carbocycles. The number of aromatic nitrogens is 2. The van der Waals surface area contributed by atoms with Gasteiger partial charge in [0, 0.05) is 13.2 Å². The van der Waals surface area contributed by atoms with Crippen molar-refractivity contribution in [1.82, 2.24) is 9.55 Å². The van der Waals surface area contributed by atoms with Gasteiger partial charge in [-0.3, -0.25) is 9.58 Å². The van der Waals surface area contributed by atoms with Gasteiger partial charge in [0.1, 0.15) is 24.1 Å². The van der Waals surface area contributed by atoms with Crippen LogP contribution < -0.4 is 16.5 Å². The van der Waals surface area contributed by atoms with Crippen molar-refractivity contribution >= 4 is 5.82 Å². The van der Waals surface area contributed by atoms with E-state index in [0.29, 0.717) is 0 Å². The summed E-state index contributed by atoms with van der Waals surface area (Å²) in [7, 11) is 1.53. The van der Waals surface area contributed by atoms with Crippen molar-refractivity contribution in [3.63, 3.8) is 0 Å². The van der Waals surface area contributed by atoms with Gasteiger partial charge in [0.15, 0.2) is 6.23 Å². The van der Waals surface area contributed by atoms with E-state index in [9.17, 15) is 15.0 Å². The number of nitrogens with two attached hydrogens (primary N) is 1. The summed E-state index contributed by atoms with van der Waals surface area (Å²) in [5.74, 6) is 5.71. The predicted octanol–water partition coefficient (Wildman–Crippen LogP) is -2.84. The lowest BCUT2D eigenvalue weighted by atomic mass is 10.1. The van der Waals surface area contributed by atoms with Gasteiger partial charge in [0.25, 0.3) is 0 Å². The van der Waals surface area contributed by atoms with Crippen LogP contribution in [-0.4, -0.2) is 56.8 Å². The minimum absolute atomic E-state index is 0.257. The van der Waals surface area contributed by atoms with Crippen molar-refractivity contribution in [2.45, 2.75) is 24.5 Å². The largest absolute Gasteiger partial charge is 0.394 e. The molecular formula is C10H16N4O5. The molecule has 19 heavy (non-hydrogen) atoms. The minimum atomic E-state index is -1.32. The lowest BCUT2D eigenvalue weighted by Crippen LogP contribution is -2.37. The third-order valence-corrected chi connectivity index (χ3v) is 2.97. The molecule has 1 aliphatic heterocycles. The fourth-order valence-electron chi connectivity index (χ4n) is 1.90. The molecule has 0 bridgehead atoms. The fraction of sp³-hybridized carbons (Fsp3) is 0.600. The lowest BCUT2D eigenvalue weighted by molar-refractivity contribution is -0.0549. The van der Waals surface area contributed by atoms with Gasteiger partial charge in [-0.05, 0) is 6.07 Å². The molecule has 1 aromatic rings. The second kappa shape index (κ2) is 5.23. The van der Waals surface area contributed by atoms with Gasteiger partial charge in [-0.1, -0.05) is 0 Å². The van der Waals surface area contributed by atoms with E-state index >= 15 is 0 Å². The number of nitrogens with zero attached hydrogens (tertiary/aromatic N) is 3. The molecule has 1 aromatic heterocycles. The van der Waals surface area contributed by atoms with Crippen LogP contribution in [0.15, 0.2) is 17.1 Å². The van der Waals surface area contributed by atoms with E-state index in [0.717, 1.165) is 4.57 Å². The second-order valence-corrected chi connectivity index (χ2v) is 4.32.